The number of amides is 1. The van der Waals surface area contributed by atoms with Gasteiger partial charge in [0, 0.05) is 12.8 Å². The van der Waals surface area contributed by atoms with E-state index in [1.165, 1.54) is 321 Å². The molecule has 0 aliphatic heterocycles. The molecule has 0 spiro atoms. The van der Waals surface area contributed by atoms with Gasteiger partial charge in [-0.15, -0.1) is 0 Å². The summed E-state index contributed by atoms with van der Waals surface area (Å²) in [6.07, 6.45) is 82.5. The maximum absolute atomic E-state index is 12.5. The van der Waals surface area contributed by atoms with E-state index in [9.17, 15) is 19.8 Å². The van der Waals surface area contributed by atoms with Crippen LogP contribution in [0.25, 0.3) is 0 Å². The second-order valence-corrected chi connectivity index (χ2v) is 24.6. The van der Waals surface area contributed by atoms with E-state index in [1.807, 2.05) is 0 Å². The van der Waals surface area contributed by atoms with Gasteiger partial charge in [0.1, 0.15) is 0 Å². The molecule has 2 unspecified atom stereocenters. The van der Waals surface area contributed by atoms with Gasteiger partial charge in [-0.3, -0.25) is 9.59 Å². The summed E-state index contributed by atoms with van der Waals surface area (Å²) in [5.41, 5.74) is 0. The van der Waals surface area contributed by atoms with Crippen molar-refractivity contribution in [2.24, 2.45) is 0 Å². The molecule has 1 amide bonds. The number of carbonyl (C=O) groups excluding carboxylic acids is 2. The Morgan fingerprint density at radius 3 is 0.922 bits per heavy atom. The molecule has 6 heteroatoms. The number of unbranched alkanes of at least 4 members (excludes halogenated alkanes) is 54. The monoisotopic (exact) mass is 1090 g/mol. The first-order valence-electron chi connectivity index (χ1n) is 35.4. The third-order valence-electron chi connectivity index (χ3n) is 16.8. The van der Waals surface area contributed by atoms with Crippen molar-refractivity contribution < 1.29 is 24.5 Å². The van der Waals surface area contributed by atoms with Gasteiger partial charge in [0.25, 0.3) is 0 Å². The highest BCUT2D eigenvalue weighted by Crippen LogP contribution is 2.19. The standard InChI is InChI=1S/C71H139NO5/c1-3-5-7-9-11-13-15-17-19-21-23-24-25-26-27-28-31-35-39-43-47-51-55-59-63-69(74)68(67-73)72-70(75)64-60-56-52-48-44-40-36-32-29-30-34-38-42-46-50-54-58-62-66-77-71(76)65-61-57-53-49-45-41-37-33-22-20-18-16-14-12-10-8-6-4-2/h32,36,68-69,73-74H,3-31,33-35,37-67H2,1-2H3,(H,72,75)/b36-32-. The lowest BCUT2D eigenvalue weighted by Gasteiger charge is -2.22. The number of rotatable bonds is 67. The average molecular weight is 1090 g/mol. The van der Waals surface area contributed by atoms with Crippen LogP contribution in [0.2, 0.25) is 0 Å². The quantitative estimate of drug-likeness (QED) is 0.0320. The second-order valence-electron chi connectivity index (χ2n) is 24.6. The Labute approximate surface area is 482 Å². The Morgan fingerprint density at radius 2 is 0.610 bits per heavy atom. The Kier molecular flexibility index (Phi) is 65.9. The van der Waals surface area contributed by atoms with Crippen LogP contribution in [0.5, 0.6) is 0 Å². The number of allylic oxidation sites excluding steroid dienone is 2. The van der Waals surface area contributed by atoms with Crippen LogP contribution in [-0.4, -0.2) is 47.4 Å². The summed E-state index contributed by atoms with van der Waals surface area (Å²) in [4.78, 5) is 24.7. The number of hydrogen-bond donors (Lipinski definition) is 3. The van der Waals surface area contributed by atoms with Crippen LogP contribution in [0.1, 0.15) is 406 Å². The Balaban J connectivity index is 3.41. The molecule has 3 N–H and O–H groups in total. The van der Waals surface area contributed by atoms with Crippen LogP contribution in [0.4, 0.5) is 0 Å². The van der Waals surface area contributed by atoms with Gasteiger partial charge in [-0.2, -0.15) is 0 Å². The zero-order chi connectivity index (χ0) is 55.7. The number of aliphatic hydroxyl groups is 2. The fraction of sp³-hybridized carbons (Fsp3) is 0.944. The number of nitrogens with one attached hydrogen (secondary N) is 1. The summed E-state index contributed by atoms with van der Waals surface area (Å²) >= 11 is 0. The van der Waals surface area contributed by atoms with Gasteiger partial charge in [0.15, 0.2) is 0 Å². The van der Waals surface area contributed by atoms with Gasteiger partial charge < -0.3 is 20.3 Å². The largest absolute Gasteiger partial charge is 0.466 e. The molecule has 2 atom stereocenters. The van der Waals surface area contributed by atoms with E-state index in [-0.39, 0.29) is 18.5 Å². The van der Waals surface area contributed by atoms with E-state index < -0.39 is 12.1 Å². The highest BCUT2D eigenvalue weighted by Gasteiger charge is 2.20. The van der Waals surface area contributed by atoms with E-state index in [0.717, 1.165) is 51.4 Å². The van der Waals surface area contributed by atoms with E-state index >= 15 is 0 Å². The van der Waals surface area contributed by atoms with E-state index in [1.54, 1.807) is 0 Å². The minimum absolute atomic E-state index is 0.00886. The predicted molar refractivity (Wildman–Crippen MR) is 338 cm³/mol. The third kappa shape index (κ3) is 63.6. The molecule has 0 fully saturated rings. The Morgan fingerprint density at radius 1 is 0.351 bits per heavy atom. The van der Waals surface area contributed by atoms with Gasteiger partial charge in [0.2, 0.25) is 5.91 Å². The van der Waals surface area contributed by atoms with Crippen molar-refractivity contribution in [3.63, 3.8) is 0 Å². The normalized spacial score (nSPS) is 12.5. The lowest BCUT2D eigenvalue weighted by Crippen LogP contribution is -2.45. The summed E-state index contributed by atoms with van der Waals surface area (Å²) in [7, 11) is 0. The summed E-state index contributed by atoms with van der Waals surface area (Å²) in [6, 6.07) is -0.552. The molecule has 0 radical (unpaired) electrons. The first-order valence-corrected chi connectivity index (χ1v) is 35.4. The molecular weight excluding hydrogens is 947 g/mol. The van der Waals surface area contributed by atoms with Crippen molar-refractivity contribution in [1.82, 2.24) is 5.32 Å². The van der Waals surface area contributed by atoms with Crippen molar-refractivity contribution in [2.45, 2.75) is 418 Å². The van der Waals surface area contributed by atoms with Gasteiger partial charge in [-0.25, -0.2) is 0 Å². The fourth-order valence-electron chi connectivity index (χ4n) is 11.4. The predicted octanol–water partition coefficient (Wildman–Crippen LogP) is 22.8. The zero-order valence-electron chi connectivity index (χ0n) is 52.5. The first kappa shape index (κ1) is 75.6. The highest BCUT2D eigenvalue weighted by molar-refractivity contribution is 5.76. The molecule has 6 nitrogen and oxygen atoms in total. The van der Waals surface area contributed by atoms with Gasteiger partial charge in [0.05, 0.1) is 25.4 Å². The molecule has 0 aliphatic carbocycles. The highest BCUT2D eigenvalue weighted by atomic mass is 16.5. The molecule has 0 saturated heterocycles. The van der Waals surface area contributed by atoms with Crippen LogP contribution in [-0.2, 0) is 14.3 Å². The summed E-state index contributed by atoms with van der Waals surface area (Å²) in [6.45, 7) is 4.99. The molecule has 0 rings (SSSR count). The van der Waals surface area contributed by atoms with Crippen LogP contribution in [0.3, 0.4) is 0 Å². The minimum Gasteiger partial charge on any atom is -0.466 e. The molecule has 0 bridgehead atoms. The number of ether oxygens (including phenoxy) is 1. The number of carbonyl (C=O) groups is 2. The second kappa shape index (κ2) is 67.1. The van der Waals surface area contributed by atoms with Crippen LogP contribution >= 0.6 is 0 Å². The molecular formula is C71H139NO5. The van der Waals surface area contributed by atoms with Crippen molar-refractivity contribution in [3.05, 3.63) is 12.2 Å². The van der Waals surface area contributed by atoms with Gasteiger partial charge in [-0.05, 0) is 51.4 Å². The molecule has 77 heavy (non-hydrogen) atoms. The Bertz CT molecular complexity index is 1160. The van der Waals surface area contributed by atoms with Crippen LogP contribution < -0.4 is 5.32 Å². The van der Waals surface area contributed by atoms with Crippen molar-refractivity contribution in [3.8, 4) is 0 Å². The maximum atomic E-state index is 12.5. The van der Waals surface area contributed by atoms with Crippen LogP contribution in [0.15, 0.2) is 12.2 Å². The fourth-order valence-corrected chi connectivity index (χ4v) is 11.4. The summed E-state index contributed by atoms with van der Waals surface area (Å²) in [5.74, 6) is -0.0351. The van der Waals surface area contributed by atoms with E-state index in [0.29, 0.717) is 25.9 Å². The molecule has 0 saturated carbocycles. The smallest absolute Gasteiger partial charge is 0.305 e. The summed E-state index contributed by atoms with van der Waals surface area (Å²) in [5, 5.41) is 23.4. The number of hydrogen-bond acceptors (Lipinski definition) is 5. The van der Waals surface area contributed by atoms with E-state index in [2.05, 4.69) is 31.3 Å². The third-order valence-corrected chi connectivity index (χ3v) is 16.8. The first-order chi connectivity index (χ1) is 38.0. The molecule has 0 aromatic rings. The lowest BCUT2D eigenvalue weighted by molar-refractivity contribution is -0.143. The molecule has 0 aliphatic rings. The average Bonchev–Trinajstić information content (AvgIpc) is 3.43. The van der Waals surface area contributed by atoms with Gasteiger partial charge in [-0.1, -0.05) is 353 Å². The van der Waals surface area contributed by atoms with Crippen molar-refractivity contribution in [1.29, 1.82) is 0 Å². The maximum Gasteiger partial charge on any atom is 0.305 e. The number of esters is 1. The van der Waals surface area contributed by atoms with Crippen molar-refractivity contribution in [2.75, 3.05) is 13.2 Å². The summed E-state index contributed by atoms with van der Waals surface area (Å²) < 4.78 is 5.50. The molecule has 0 heterocycles. The Hall–Kier alpha value is -1.40. The van der Waals surface area contributed by atoms with Gasteiger partial charge >= 0.3 is 5.97 Å². The SMILES string of the molecule is CCCCCCCCCCCCCCCCCCCCCCCCCCC(O)C(CO)NC(=O)CCCCCCC/C=C\CCCCCCCCCCCOC(=O)CCCCCCCCCCCCCCCCCCCC. The molecule has 0 aromatic carbocycles. The molecule has 458 valence electrons. The molecule has 0 aromatic heterocycles. The minimum atomic E-state index is -0.674. The van der Waals surface area contributed by atoms with Crippen molar-refractivity contribution >= 4 is 11.9 Å². The number of aliphatic hydroxyl groups excluding tert-OH is 2. The topological polar surface area (TPSA) is 95.9 Å². The van der Waals surface area contributed by atoms with E-state index in [4.69, 9.17) is 4.74 Å². The zero-order valence-corrected chi connectivity index (χ0v) is 52.5. The lowest BCUT2D eigenvalue weighted by atomic mass is 10.0. The van der Waals surface area contributed by atoms with Crippen LogP contribution in [0, 0.1) is 0 Å².